The monoisotopic (exact) mass is 145 g/mol. The number of hydrazine groups is 1. The largest absolute Gasteiger partial charge is 0.399 e. The molecule has 0 aromatic rings. The van der Waals surface area contributed by atoms with Gasteiger partial charge in [-0.2, -0.15) is 0 Å². The molecule has 4 heteroatoms. The third-order valence-electron chi connectivity index (χ3n) is 1.05. The van der Waals surface area contributed by atoms with Gasteiger partial charge in [0.1, 0.15) is 5.50 Å². The molecule has 0 saturated heterocycles. The van der Waals surface area contributed by atoms with Crippen LogP contribution in [0.2, 0.25) is 0 Å². The van der Waals surface area contributed by atoms with Crippen molar-refractivity contribution in [3.63, 3.8) is 0 Å². The van der Waals surface area contributed by atoms with Crippen LogP contribution in [-0.2, 0) is 0 Å². The first-order valence-corrected chi connectivity index (χ1v) is 2.96. The van der Waals surface area contributed by atoms with Crippen LogP contribution in [0.3, 0.4) is 0 Å². The van der Waals surface area contributed by atoms with Crippen molar-refractivity contribution in [2.24, 2.45) is 11.6 Å². The lowest BCUT2D eigenvalue weighted by Crippen LogP contribution is -2.33. The van der Waals surface area contributed by atoms with Crippen molar-refractivity contribution in [2.75, 3.05) is 0 Å². The maximum absolute atomic E-state index is 5.66. The summed E-state index contributed by atoms with van der Waals surface area (Å²) in [5.74, 6) is 5.35. The number of nitrogens with two attached hydrogens (primary N) is 2. The first kappa shape index (κ1) is 6.45. The molecule has 0 amide bonds. The molecular weight excluding hydrogens is 138 g/mol. The molecule has 50 valence electrons. The number of alkyl halides is 1. The van der Waals surface area contributed by atoms with E-state index >= 15 is 0 Å². The highest BCUT2D eigenvalue weighted by molar-refractivity contribution is 6.21. The lowest BCUT2D eigenvalue weighted by Gasteiger charge is -2.20. The van der Waals surface area contributed by atoms with E-state index in [-0.39, 0.29) is 5.50 Å². The minimum absolute atomic E-state index is 0.310. The molecule has 1 rings (SSSR count). The van der Waals surface area contributed by atoms with E-state index in [4.69, 9.17) is 23.2 Å². The van der Waals surface area contributed by atoms with Crippen LogP contribution < -0.4 is 11.6 Å². The lowest BCUT2D eigenvalue weighted by molar-refractivity contribution is 0.399. The minimum Gasteiger partial charge on any atom is -0.399 e. The Morgan fingerprint density at radius 1 is 1.67 bits per heavy atom. The molecule has 1 aliphatic rings. The summed E-state index contributed by atoms with van der Waals surface area (Å²) in [5.41, 5.74) is 5.73. The number of allylic oxidation sites excluding steroid dienone is 1. The zero-order valence-electron chi connectivity index (χ0n) is 4.79. The zero-order chi connectivity index (χ0) is 6.85. The summed E-state index contributed by atoms with van der Waals surface area (Å²) in [4.78, 5) is 0. The molecule has 0 spiro atoms. The van der Waals surface area contributed by atoms with Gasteiger partial charge in [-0.25, -0.2) is 5.84 Å². The Balaban J connectivity index is 2.70. The standard InChI is InChI=1S/C5H8ClN3/c6-5-3-4(7)1-2-9(5)8/h1-3,5H,7-8H2. The van der Waals surface area contributed by atoms with Gasteiger partial charge in [0.15, 0.2) is 0 Å². The second kappa shape index (κ2) is 2.29. The number of halogens is 1. The van der Waals surface area contributed by atoms with Crippen LogP contribution >= 0.6 is 11.6 Å². The smallest absolute Gasteiger partial charge is 0.138 e. The molecule has 1 aliphatic heterocycles. The van der Waals surface area contributed by atoms with Gasteiger partial charge in [-0.15, -0.1) is 0 Å². The van der Waals surface area contributed by atoms with Crippen molar-refractivity contribution in [2.45, 2.75) is 5.50 Å². The summed E-state index contributed by atoms with van der Waals surface area (Å²) in [7, 11) is 0. The Bertz CT molecular complexity index is 164. The van der Waals surface area contributed by atoms with E-state index in [1.165, 1.54) is 5.01 Å². The van der Waals surface area contributed by atoms with Crippen LogP contribution in [0, 0.1) is 0 Å². The molecule has 0 saturated carbocycles. The highest BCUT2D eigenvalue weighted by atomic mass is 35.5. The molecule has 4 N–H and O–H groups in total. The van der Waals surface area contributed by atoms with E-state index in [9.17, 15) is 0 Å². The quantitative estimate of drug-likeness (QED) is 0.289. The van der Waals surface area contributed by atoms with E-state index in [1.807, 2.05) is 0 Å². The summed E-state index contributed by atoms with van der Waals surface area (Å²) in [5, 5.41) is 1.37. The van der Waals surface area contributed by atoms with Crippen molar-refractivity contribution < 1.29 is 0 Å². The zero-order valence-corrected chi connectivity index (χ0v) is 5.55. The molecule has 1 unspecified atom stereocenters. The van der Waals surface area contributed by atoms with Gasteiger partial charge < -0.3 is 5.73 Å². The van der Waals surface area contributed by atoms with Crippen molar-refractivity contribution in [3.05, 3.63) is 24.0 Å². The Morgan fingerprint density at radius 2 is 2.33 bits per heavy atom. The molecule has 0 bridgehead atoms. The van der Waals surface area contributed by atoms with Gasteiger partial charge in [0.25, 0.3) is 0 Å². The molecule has 1 heterocycles. The number of nitrogens with zero attached hydrogens (tertiary/aromatic N) is 1. The highest BCUT2D eigenvalue weighted by Crippen LogP contribution is 2.09. The number of rotatable bonds is 0. The Labute approximate surface area is 58.5 Å². The molecule has 9 heavy (non-hydrogen) atoms. The first-order valence-electron chi connectivity index (χ1n) is 2.53. The Hall–Kier alpha value is -0.670. The normalized spacial score (nSPS) is 26.2. The molecule has 1 atom stereocenters. The Kier molecular flexibility index (Phi) is 1.64. The van der Waals surface area contributed by atoms with Gasteiger partial charge in [-0.3, -0.25) is 5.01 Å². The van der Waals surface area contributed by atoms with Crippen LogP contribution in [0.4, 0.5) is 0 Å². The average Bonchev–Trinajstić information content (AvgIpc) is 1.80. The van der Waals surface area contributed by atoms with Gasteiger partial charge in [-0.1, -0.05) is 11.6 Å². The summed E-state index contributed by atoms with van der Waals surface area (Å²) in [6.07, 6.45) is 4.99. The van der Waals surface area contributed by atoms with Gasteiger partial charge >= 0.3 is 0 Å². The summed E-state index contributed by atoms with van der Waals surface area (Å²) < 4.78 is 0. The maximum Gasteiger partial charge on any atom is 0.138 e. The topological polar surface area (TPSA) is 55.3 Å². The molecule has 3 nitrogen and oxygen atoms in total. The van der Waals surface area contributed by atoms with Gasteiger partial charge in [-0.05, 0) is 12.2 Å². The Morgan fingerprint density at radius 3 is 2.78 bits per heavy atom. The van der Waals surface area contributed by atoms with Gasteiger partial charge in [0.2, 0.25) is 0 Å². The third kappa shape index (κ3) is 1.37. The second-order valence-corrected chi connectivity index (χ2v) is 2.25. The minimum atomic E-state index is -0.310. The molecule has 0 aliphatic carbocycles. The fourth-order valence-electron chi connectivity index (χ4n) is 0.555. The summed E-state index contributed by atoms with van der Waals surface area (Å²) in [6.45, 7) is 0. The van der Waals surface area contributed by atoms with E-state index in [0.29, 0.717) is 5.70 Å². The predicted octanol–water partition coefficient (Wildman–Crippen LogP) is 0.0969. The van der Waals surface area contributed by atoms with E-state index in [1.54, 1.807) is 18.4 Å². The average molecular weight is 146 g/mol. The van der Waals surface area contributed by atoms with Crippen LogP contribution in [0.15, 0.2) is 24.0 Å². The third-order valence-corrected chi connectivity index (χ3v) is 1.41. The summed E-state index contributed by atoms with van der Waals surface area (Å²) >= 11 is 5.66. The van der Waals surface area contributed by atoms with Crippen LogP contribution in [0.5, 0.6) is 0 Å². The van der Waals surface area contributed by atoms with Crippen LogP contribution in [0.1, 0.15) is 0 Å². The van der Waals surface area contributed by atoms with E-state index in [2.05, 4.69) is 0 Å². The van der Waals surface area contributed by atoms with E-state index in [0.717, 1.165) is 0 Å². The molecule has 0 aromatic carbocycles. The van der Waals surface area contributed by atoms with E-state index < -0.39 is 0 Å². The number of hydrogen-bond donors (Lipinski definition) is 2. The predicted molar refractivity (Wildman–Crippen MR) is 37.1 cm³/mol. The lowest BCUT2D eigenvalue weighted by atomic mass is 10.3. The van der Waals surface area contributed by atoms with Crippen LogP contribution in [-0.4, -0.2) is 10.5 Å². The number of hydrogen-bond acceptors (Lipinski definition) is 3. The molecule has 0 aromatic heterocycles. The fraction of sp³-hybridized carbons (Fsp3) is 0.200. The molecular formula is C5H8ClN3. The van der Waals surface area contributed by atoms with Crippen molar-refractivity contribution >= 4 is 11.6 Å². The highest BCUT2D eigenvalue weighted by Gasteiger charge is 2.08. The fourth-order valence-corrected chi connectivity index (χ4v) is 0.765. The first-order chi connectivity index (χ1) is 4.20. The van der Waals surface area contributed by atoms with Crippen molar-refractivity contribution in [1.29, 1.82) is 0 Å². The second-order valence-electron chi connectivity index (χ2n) is 1.80. The van der Waals surface area contributed by atoms with Crippen molar-refractivity contribution in [1.82, 2.24) is 5.01 Å². The molecule has 0 radical (unpaired) electrons. The SMILES string of the molecule is NC1=CC(Cl)N(N)C=C1. The summed E-state index contributed by atoms with van der Waals surface area (Å²) in [6, 6.07) is 0. The van der Waals surface area contributed by atoms with Gasteiger partial charge in [0.05, 0.1) is 0 Å². The van der Waals surface area contributed by atoms with Crippen molar-refractivity contribution in [3.8, 4) is 0 Å². The van der Waals surface area contributed by atoms with Crippen LogP contribution in [0.25, 0.3) is 0 Å². The maximum atomic E-state index is 5.66. The van der Waals surface area contributed by atoms with Gasteiger partial charge in [0, 0.05) is 11.9 Å². The molecule has 0 fully saturated rings.